The standard InChI is InChI=1S/C25H28N2O4S/c1-2-31-22-14-4-3-9-19(22)12-7-17-26-24(28)16-8-18-27-21-13-5-10-20-11-6-15-23(25(20)21)32(27,29)30/h3-6,9-11,13-15H,2,7-8,12,16-18H2,1H3,(H,26,28). The number of benzene rings is 3. The van der Waals surface area contributed by atoms with Gasteiger partial charge in [0, 0.05) is 24.9 Å². The Labute approximate surface area is 189 Å². The number of nitrogens with zero attached hydrogens (tertiary/aromatic N) is 1. The van der Waals surface area contributed by atoms with Crippen LogP contribution in [0.4, 0.5) is 5.69 Å². The summed E-state index contributed by atoms with van der Waals surface area (Å²) >= 11 is 0. The molecular weight excluding hydrogens is 424 g/mol. The SMILES string of the molecule is CCOc1ccccc1CCCNC(=O)CCCN1c2cccc3cccc(c23)S1(=O)=O. The van der Waals surface area contributed by atoms with E-state index >= 15 is 0 Å². The van der Waals surface area contributed by atoms with Crippen LogP contribution < -0.4 is 14.4 Å². The monoisotopic (exact) mass is 452 g/mol. The van der Waals surface area contributed by atoms with E-state index in [-0.39, 0.29) is 18.9 Å². The van der Waals surface area contributed by atoms with Crippen LogP contribution in [0, 0.1) is 0 Å². The van der Waals surface area contributed by atoms with Gasteiger partial charge >= 0.3 is 0 Å². The Bertz CT molecular complexity index is 1220. The van der Waals surface area contributed by atoms with Crippen LogP contribution in [0.2, 0.25) is 0 Å². The molecule has 0 aromatic heterocycles. The van der Waals surface area contributed by atoms with E-state index in [4.69, 9.17) is 4.74 Å². The minimum atomic E-state index is -3.57. The topological polar surface area (TPSA) is 75.7 Å². The van der Waals surface area contributed by atoms with Crippen LogP contribution in [0.5, 0.6) is 5.75 Å². The molecule has 0 saturated heterocycles. The maximum Gasteiger partial charge on any atom is 0.265 e. The molecule has 1 N–H and O–H groups in total. The van der Waals surface area contributed by atoms with Crippen molar-refractivity contribution in [3.63, 3.8) is 0 Å². The van der Waals surface area contributed by atoms with E-state index in [9.17, 15) is 13.2 Å². The molecule has 32 heavy (non-hydrogen) atoms. The second-order valence-electron chi connectivity index (χ2n) is 7.81. The smallest absolute Gasteiger partial charge is 0.265 e. The van der Waals surface area contributed by atoms with Gasteiger partial charge in [0.2, 0.25) is 5.91 Å². The molecule has 0 bridgehead atoms. The number of nitrogens with one attached hydrogen (secondary N) is 1. The molecule has 1 amide bonds. The van der Waals surface area contributed by atoms with E-state index in [2.05, 4.69) is 5.32 Å². The summed E-state index contributed by atoms with van der Waals surface area (Å²) in [6.07, 6.45) is 2.38. The van der Waals surface area contributed by atoms with Gasteiger partial charge in [-0.05, 0) is 55.3 Å². The van der Waals surface area contributed by atoms with E-state index in [0.29, 0.717) is 30.2 Å². The van der Waals surface area contributed by atoms with Gasteiger partial charge in [0.25, 0.3) is 10.0 Å². The van der Waals surface area contributed by atoms with Gasteiger partial charge in [0.1, 0.15) is 5.75 Å². The second kappa shape index (κ2) is 9.61. The number of aryl methyl sites for hydroxylation is 1. The van der Waals surface area contributed by atoms with Crippen molar-refractivity contribution < 1.29 is 17.9 Å². The molecule has 0 radical (unpaired) electrons. The molecule has 0 fully saturated rings. The molecule has 168 valence electrons. The quantitative estimate of drug-likeness (QED) is 0.466. The summed E-state index contributed by atoms with van der Waals surface area (Å²) in [6.45, 7) is 3.45. The summed E-state index contributed by atoms with van der Waals surface area (Å²) in [5.74, 6) is 0.833. The average Bonchev–Trinajstić information content (AvgIpc) is 3.01. The number of ether oxygens (including phenoxy) is 1. The van der Waals surface area contributed by atoms with E-state index in [0.717, 1.165) is 34.9 Å². The predicted octanol–water partition coefficient (Wildman–Crippen LogP) is 4.28. The molecule has 1 aliphatic heterocycles. The van der Waals surface area contributed by atoms with Gasteiger partial charge in [-0.15, -0.1) is 0 Å². The summed E-state index contributed by atoms with van der Waals surface area (Å²) in [5, 5.41) is 4.62. The van der Waals surface area contributed by atoms with Crippen LogP contribution in [0.1, 0.15) is 31.7 Å². The van der Waals surface area contributed by atoms with Gasteiger partial charge in [-0.2, -0.15) is 0 Å². The number of rotatable bonds is 10. The van der Waals surface area contributed by atoms with Gasteiger partial charge < -0.3 is 10.1 Å². The van der Waals surface area contributed by atoms with E-state index in [1.54, 1.807) is 12.1 Å². The summed E-state index contributed by atoms with van der Waals surface area (Å²) < 4.78 is 33.0. The molecule has 1 heterocycles. The Morgan fingerprint density at radius 1 is 1.00 bits per heavy atom. The first-order valence-electron chi connectivity index (χ1n) is 11.0. The van der Waals surface area contributed by atoms with Crippen molar-refractivity contribution in [2.75, 3.05) is 24.0 Å². The molecule has 0 aliphatic carbocycles. The molecule has 6 nitrogen and oxygen atoms in total. The summed E-state index contributed by atoms with van der Waals surface area (Å²) in [5.41, 5.74) is 1.84. The van der Waals surface area contributed by atoms with Crippen molar-refractivity contribution in [1.29, 1.82) is 0 Å². The van der Waals surface area contributed by atoms with Crippen molar-refractivity contribution in [2.45, 2.75) is 37.5 Å². The molecular formula is C25H28N2O4S. The fourth-order valence-electron chi connectivity index (χ4n) is 4.18. The molecule has 3 aromatic carbocycles. The van der Waals surface area contributed by atoms with Gasteiger partial charge in [-0.25, -0.2) is 8.42 Å². The highest BCUT2D eigenvalue weighted by Gasteiger charge is 2.34. The number of amides is 1. The third-order valence-corrected chi connectivity index (χ3v) is 7.52. The van der Waals surface area contributed by atoms with Crippen LogP contribution in [0.15, 0.2) is 65.6 Å². The number of carbonyl (C=O) groups is 1. The van der Waals surface area contributed by atoms with Gasteiger partial charge in [0.15, 0.2) is 0 Å². The van der Waals surface area contributed by atoms with Crippen LogP contribution in [0.25, 0.3) is 10.8 Å². The first-order chi connectivity index (χ1) is 15.5. The lowest BCUT2D eigenvalue weighted by Gasteiger charge is -2.18. The Balaban J connectivity index is 1.26. The number of hydrogen-bond acceptors (Lipinski definition) is 4. The van der Waals surface area contributed by atoms with E-state index < -0.39 is 10.0 Å². The maximum absolute atomic E-state index is 13.0. The van der Waals surface area contributed by atoms with Crippen LogP contribution in [-0.2, 0) is 21.2 Å². The Morgan fingerprint density at radius 3 is 2.59 bits per heavy atom. The Kier molecular flexibility index (Phi) is 6.65. The first kappa shape index (κ1) is 22.1. The molecule has 0 spiro atoms. The normalized spacial score (nSPS) is 14.0. The van der Waals surface area contributed by atoms with Crippen molar-refractivity contribution >= 4 is 32.4 Å². The molecule has 0 saturated carbocycles. The molecule has 4 rings (SSSR count). The zero-order valence-electron chi connectivity index (χ0n) is 18.2. The van der Waals surface area contributed by atoms with Crippen molar-refractivity contribution in [3.8, 4) is 5.75 Å². The second-order valence-corrected chi connectivity index (χ2v) is 9.64. The maximum atomic E-state index is 13.0. The highest BCUT2D eigenvalue weighted by Crippen LogP contribution is 2.41. The highest BCUT2D eigenvalue weighted by molar-refractivity contribution is 7.93. The third kappa shape index (κ3) is 4.43. The van der Waals surface area contributed by atoms with Gasteiger partial charge in [-0.3, -0.25) is 9.10 Å². The summed E-state index contributed by atoms with van der Waals surface area (Å²) in [7, 11) is -3.57. The zero-order chi connectivity index (χ0) is 22.6. The zero-order valence-corrected chi connectivity index (χ0v) is 19.0. The third-order valence-electron chi connectivity index (χ3n) is 5.66. The number of hydrogen-bond donors (Lipinski definition) is 1. The van der Waals surface area contributed by atoms with Crippen LogP contribution in [0.3, 0.4) is 0 Å². The van der Waals surface area contributed by atoms with E-state index in [1.807, 2.05) is 55.5 Å². The highest BCUT2D eigenvalue weighted by atomic mass is 32.2. The van der Waals surface area contributed by atoms with Gasteiger partial charge in [0.05, 0.1) is 17.2 Å². The number of para-hydroxylation sites is 1. The van der Waals surface area contributed by atoms with Gasteiger partial charge in [-0.1, -0.05) is 42.5 Å². The lowest BCUT2D eigenvalue weighted by molar-refractivity contribution is -0.121. The Hall–Kier alpha value is -3.06. The lowest BCUT2D eigenvalue weighted by atomic mass is 10.1. The summed E-state index contributed by atoms with van der Waals surface area (Å²) in [4.78, 5) is 12.6. The minimum Gasteiger partial charge on any atom is -0.494 e. The van der Waals surface area contributed by atoms with Crippen molar-refractivity contribution in [2.24, 2.45) is 0 Å². The molecule has 0 atom stereocenters. The number of anilines is 1. The minimum absolute atomic E-state index is 0.0598. The fraction of sp³-hybridized carbons (Fsp3) is 0.320. The predicted molar refractivity (Wildman–Crippen MR) is 127 cm³/mol. The average molecular weight is 453 g/mol. The molecule has 7 heteroatoms. The molecule has 1 aliphatic rings. The fourth-order valence-corrected chi connectivity index (χ4v) is 5.93. The van der Waals surface area contributed by atoms with Crippen molar-refractivity contribution in [3.05, 3.63) is 66.2 Å². The van der Waals surface area contributed by atoms with Crippen LogP contribution in [-0.4, -0.2) is 34.0 Å². The van der Waals surface area contributed by atoms with E-state index in [1.165, 1.54) is 4.31 Å². The summed E-state index contributed by atoms with van der Waals surface area (Å²) in [6, 6.07) is 18.9. The Morgan fingerprint density at radius 2 is 1.78 bits per heavy atom. The largest absolute Gasteiger partial charge is 0.494 e. The number of carbonyl (C=O) groups excluding carboxylic acids is 1. The number of sulfonamides is 1. The molecule has 3 aromatic rings. The first-order valence-corrected chi connectivity index (χ1v) is 12.5. The van der Waals surface area contributed by atoms with Crippen LogP contribution >= 0.6 is 0 Å². The molecule has 0 unspecified atom stereocenters. The lowest BCUT2D eigenvalue weighted by Crippen LogP contribution is -2.30. The van der Waals surface area contributed by atoms with Crippen molar-refractivity contribution in [1.82, 2.24) is 5.32 Å².